The maximum Gasteiger partial charge on any atom is 0.229 e. The number of phenolic OH excluding ortho intramolecular Hbond substituents is 2. The van der Waals surface area contributed by atoms with Gasteiger partial charge < -0.3 is 65.3 Å². The van der Waals surface area contributed by atoms with Gasteiger partial charge in [0.2, 0.25) is 6.29 Å². The Bertz CT molecular complexity index is 1390. The van der Waals surface area contributed by atoms with Crippen LogP contribution in [0.3, 0.4) is 0 Å². The standard InChI is InChI=1S/C27H32O13/c1-9-5-11-16(26-24(36)22(34)19(31)14(7-28)38-26)10-3-2-4-13(18(10)21(33)17(11)12(30)6-9)39-27-25(37)23(35)20(32)15(8-29)40-27/h2-6,14-15,19-20,22-37H,7-8H2,1H3/t14-,15-,19-,20-,22+,23+,24-,25-,26+,27-/m1/s1. The molecule has 0 bridgehead atoms. The average Bonchev–Trinajstić information content (AvgIpc) is 2.92. The van der Waals surface area contributed by atoms with Gasteiger partial charge in [-0.2, -0.15) is 0 Å². The van der Waals surface area contributed by atoms with Crippen LogP contribution >= 0.6 is 0 Å². The summed E-state index contributed by atoms with van der Waals surface area (Å²) >= 11 is 0. The molecule has 0 amide bonds. The van der Waals surface area contributed by atoms with Crippen molar-refractivity contribution in [1.29, 1.82) is 0 Å². The summed E-state index contributed by atoms with van der Waals surface area (Å²) < 4.78 is 17.1. The summed E-state index contributed by atoms with van der Waals surface area (Å²) in [6.07, 6.45) is -15.6. The zero-order chi connectivity index (χ0) is 29.0. The van der Waals surface area contributed by atoms with Crippen LogP contribution < -0.4 is 4.74 Å². The number of hydrogen-bond acceptors (Lipinski definition) is 13. The molecule has 0 aromatic heterocycles. The van der Waals surface area contributed by atoms with E-state index in [0.717, 1.165) is 0 Å². The van der Waals surface area contributed by atoms with E-state index < -0.39 is 80.2 Å². The van der Waals surface area contributed by atoms with Crippen molar-refractivity contribution >= 4 is 21.5 Å². The van der Waals surface area contributed by atoms with E-state index in [2.05, 4.69) is 0 Å². The lowest BCUT2D eigenvalue weighted by atomic mass is 9.85. The molecule has 0 aliphatic carbocycles. The van der Waals surface area contributed by atoms with Crippen molar-refractivity contribution in [3.63, 3.8) is 0 Å². The van der Waals surface area contributed by atoms with Crippen molar-refractivity contribution in [1.82, 2.24) is 0 Å². The van der Waals surface area contributed by atoms with Crippen LogP contribution in [0.25, 0.3) is 21.5 Å². The summed E-state index contributed by atoms with van der Waals surface area (Å²) in [7, 11) is 0. The van der Waals surface area contributed by atoms with Crippen molar-refractivity contribution in [3.8, 4) is 17.2 Å². The molecule has 13 nitrogen and oxygen atoms in total. The highest BCUT2D eigenvalue weighted by Gasteiger charge is 2.47. The average molecular weight is 565 g/mol. The molecule has 2 fully saturated rings. The Morgan fingerprint density at radius 3 is 2.00 bits per heavy atom. The van der Waals surface area contributed by atoms with Crippen LogP contribution in [0, 0.1) is 6.92 Å². The lowest BCUT2D eigenvalue weighted by molar-refractivity contribution is -0.277. The Hall–Kier alpha value is -2.82. The van der Waals surface area contributed by atoms with Crippen LogP contribution in [0.4, 0.5) is 0 Å². The number of ether oxygens (including phenoxy) is 3. The Labute approximate surface area is 227 Å². The molecule has 0 spiro atoms. The Morgan fingerprint density at radius 2 is 1.35 bits per heavy atom. The van der Waals surface area contributed by atoms with Crippen LogP contribution in [0.15, 0.2) is 30.3 Å². The van der Waals surface area contributed by atoms with E-state index in [1.54, 1.807) is 19.1 Å². The van der Waals surface area contributed by atoms with E-state index in [1.807, 2.05) is 0 Å². The minimum absolute atomic E-state index is 0.0296. The van der Waals surface area contributed by atoms with Crippen LogP contribution in [0.5, 0.6) is 17.2 Å². The molecule has 10 atom stereocenters. The van der Waals surface area contributed by atoms with Gasteiger partial charge in [0.05, 0.1) is 24.0 Å². The van der Waals surface area contributed by atoms with Gasteiger partial charge in [0, 0.05) is 0 Å². The zero-order valence-electron chi connectivity index (χ0n) is 21.3. The van der Waals surface area contributed by atoms with Crippen LogP contribution in [-0.4, -0.2) is 119 Å². The maximum atomic E-state index is 11.4. The highest BCUT2D eigenvalue weighted by molar-refractivity contribution is 6.13. The second kappa shape index (κ2) is 10.9. The fourth-order valence-electron chi connectivity index (χ4n) is 5.53. The highest BCUT2D eigenvalue weighted by atomic mass is 16.7. The highest BCUT2D eigenvalue weighted by Crippen LogP contribution is 2.50. The second-order valence-electron chi connectivity index (χ2n) is 10.2. The molecule has 2 aliphatic heterocycles. The third kappa shape index (κ3) is 4.54. The summed E-state index contributed by atoms with van der Waals surface area (Å²) in [5.41, 5.74) is 0.779. The molecule has 5 rings (SSSR count). The Balaban J connectivity index is 1.74. The molecule has 0 unspecified atom stereocenters. The number of aliphatic hydroxyl groups is 8. The Morgan fingerprint density at radius 1 is 0.725 bits per heavy atom. The minimum Gasteiger partial charge on any atom is -0.507 e. The molecule has 40 heavy (non-hydrogen) atoms. The molecule has 3 aromatic rings. The van der Waals surface area contributed by atoms with Gasteiger partial charge in [-0.15, -0.1) is 0 Å². The van der Waals surface area contributed by atoms with Crippen LogP contribution in [-0.2, 0) is 9.47 Å². The normalized spacial score (nSPS) is 34.8. The zero-order valence-corrected chi connectivity index (χ0v) is 21.3. The van der Waals surface area contributed by atoms with E-state index in [9.17, 15) is 51.1 Å². The number of rotatable bonds is 5. The lowest BCUT2D eigenvalue weighted by Crippen LogP contribution is -2.60. The van der Waals surface area contributed by atoms with Gasteiger partial charge in [-0.25, -0.2) is 0 Å². The predicted molar refractivity (Wildman–Crippen MR) is 137 cm³/mol. The number of aliphatic hydroxyl groups excluding tert-OH is 8. The lowest BCUT2D eigenvalue weighted by Gasteiger charge is -2.41. The first-order chi connectivity index (χ1) is 19.0. The molecule has 2 aliphatic rings. The molecule has 13 heteroatoms. The molecular weight excluding hydrogens is 532 g/mol. The molecule has 2 heterocycles. The summed E-state index contributed by atoms with van der Waals surface area (Å²) in [5.74, 6) is -0.883. The van der Waals surface area contributed by atoms with Crippen molar-refractivity contribution in [2.24, 2.45) is 0 Å². The quantitative estimate of drug-likeness (QED) is 0.158. The molecule has 2 saturated heterocycles. The van der Waals surface area contributed by atoms with Crippen LogP contribution in [0.2, 0.25) is 0 Å². The van der Waals surface area contributed by atoms with Gasteiger partial charge in [-0.05, 0) is 41.0 Å². The van der Waals surface area contributed by atoms with Crippen LogP contribution in [0.1, 0.15) is 17.2 Å². The van der Waals surface area contributed by atoms with Crippen molar-refractivity contribution in [3.05, 3.63) is 41.5 Å². The summed E-state index contributed by atoms with van der Waals surface area (Å²) in [6.45, 7) is 0.325. The maximum absolute atomic E-state index is 11.4. The van der Waals surface area contributed by atoms with Gasteiger partial charge in [0.15, 0.2) is 0 Å². The van der Waals surface area contributed by atoms with Gasteiger partial charge in [-0.1, -0.05) is 18.2 Å². The topological polar surface area (TPSA) is 230 Å². The summed E-state index contributed by atoms with van der Waals surface area (Å²) in [5, 5.41) is 105. The monoisotopic (exact) mass is 564 g/mol. The first-order valence-corrected chi connectivity index (χ1v) is 12.7. The van der Waals surface area contributed by atoms with E-state index >= 15 is 0 Å². The largest absolute Gasteiger partial charge is 0.507 e. The molecular formula is C27H32O13. The number of phenols is 2. The number of hydrogen-bond donors (Lipinski definition) is 10. The number of aromatic hydroxyl groups is 2. The van der Waals surface area contributed by atoms with E-state index in [4.69, 9.17) is 14.2 Å². The van der Waals surface area contributed by atoms with Gasteiger partial charge in [-0.3, -0.25) is 0 Å². The summed E-state index contributed by atoms with van der Waals surface area (Å²) in [4.78, 5) is 0. The molecule has 218 valence electrons. The molecule has 3 aromatic carbocycles. The summed E-state index contributed by atoms with van der Waals surface area (Å²) in [6, 6.07) is 7.47. The first kappa shape index (κ1) is 28.7. The number of aryl methyl sites for hydroxylation is 1. The number of benzene rings is 3. The van der Waals surface area contributed by atoms with Crippen molar-refractivity contribution in [2.75, 3.05) is 13.2 Å². The fourth-order valence-corrected chi connectivity index (χ4v) is 5.53. The SMILES string of the molecule is Cc1cc(O)c2c(O)c3c(O[C@@H]4O[C@H](CO)[C@@H](O)[C@H](O)[C@H]4O)cccc3c([C@@H]3O[C@H](CO)[C@@H](O)[C@H](O)[C@H]3O)c2c1. The first-order valence-electron chi connectivity index (χ1n) is 12.7. The molecule has 0 saturated carbocycles. The van der Waals surface area contributed by atoms with E-state index in [1.165, 1.54) is 18.2 Å². The smallest absolute Gasteiger partial charge is 0.229 e. The predicted octanol–water partition coefficient (Wildman–Crippen LogP) is -1.59. The van der Waals surface area contributed by atoms with Gasteiger partial charge in [0.25, 0.3) is 0 Å². The van der Waals surface area contributed by atoms with Crippen molar-refractivity contribution < 1.29 is 65.3 Å². The third-order valence-electron chi connectivity index (χ3n) is 7.61. The van der Waals surface area contributed by atoms with Gasteiger partial charge >= 0.3 is 0 Å². The fraction of sp³-hybridized carbons (Fsp3) is 0.481. The minimum atomic E-state index is -1.75. The number of fused-ring (bicyclic) bond motifs is 2. The Kier molecular flexibility index (Phi) is 7.80. The van der Waals surface area contributed by atoms with E-state index in [-0.39, 0.29) is 38.6 Å². The van der Waals surface area contributed by atoms with Gasteiger partial charge in [0.1, 0.15) is 72.2 Å². The molecule has 0 radical (unpaired) electrons. The molecule has 10 N–H and O–H groups in total. The van der Waals surface area contributed by atoms with Crippen molar-refractivity contribution in [2.45, 2.75) is 68.1 Å². The van der Waals surface area contributed by atoms with E-state index in [0.29, 0.717) is 5.56 Å². The third-order valence-corrected chi connectivity index (χ3v) is 7.61. The second-order valence-corrected chi connectivity index (χ2v) is 10.2.